The van der Waals surface area contributed by atoms with Gasteiger partial charge in [0.25, 0.3) is 0 Å². The summed E-state index contributed by atoms with van der Waals surface area (Å²) in [5.41, 5.74) is 3.06. The van der Waals surface area contributed by atoms with E-state index in [0.29, 0.717) is 0 Å². The molecule has 0 fully saturated rings. The summed E-state index contributed by atoms with van der Waals surface area (Å²) in [5.74, 6) is 0. The van der Waals surface area contributed by atoms with Crippen molar-refractivity contribution < 1.29 is 0 Å². The van der Waals surface area contributed by atoms with Crippen molar-refractivity contribution in [2.75, 3.05) is 0 Å². The molecular weight excluding hydrogens is 204 g/mol. The monoisotopic (exact) mass is 230 g/mol. The van der Waals surface area contributed by atoms with Crippen LogP contribution in [0.3, 0.4) is 0 Å². The van der Waals surface area contributed by atoms with Gasteiger partial charge < -0.3 is 0 Å². The van der Waals surface area contributed by atoms with Gasteiger partial charge in [0, 0.05) is 0 Å². The van der Waals surface area contributed by atoms with Gasteiger partial charge in [-0.3, -0.25) is 0 Å². The van der Waals surface area contributed by atoms with Gasteiger partial charge in [0.05, 0.1) is 0 Å². The highest BCUT2D eigenvalue weighted by Crippen LogP contribution is 2.15. The van der Waals surface area contributed by atoms with Crippen molar-refractivity contribution in [1.82, 2.24) is 0 Å². The van der Waals surface area contributed by atoms with E-state index in [4.69, 9.17) is 0 Å². The minimum atomic E-state index is 1.28. The van der Waals surface area contributed by atoms with Crippen LogP contribution >= 0.6 is 0 Å². The van der Waals surface area contributed by atoms with E-state index >= 15 is 0 Å². The second kappa shape index (κ2) is 7.53. The van der Waals surface area contributed by atoms with Crippen LogP contribution in [-0.2, 0) is 12.8 Å². The van der Waals surface area contributed by atoms with Crippen molar-refractivity contribution in [3.63, 3.8) is 0 Å². The quantitative estimate of drug-likeness (QED) is 0.567. The lowest BCUT2D eigenvalue weighted by molar-refractivity contribution is 0.559. The third-order valence-electron chi connectivity index (χ3n) is 3.95. The summed E-state index contributed by atoms with van der Waals surface area (Å²) in [4.78, 5) is 0. The van der Waals surface area contributed by atoms with Crippen LogP contribution in [-0.4, -0.2) is 0 Å². The molecule has 0 spiro atoms. The second-order valence-corrected chi connectivity index (χ2v) is 5.50. The highest BCUT2D eigenvalue weighted by Gasteiger charge is 1.98. The Kier molecular flexibility index (Phi) is 5.61. The van der Waals surface area contributed by atoms with E-state index in [1.54, 1.807) is 0 Å². The van der Waals surface area contributed by atoms with Crippen molar-refractivity contribution >= 4 is 0 Å². The summed E-state index contributed by atoms with van der Waals surface area (Å²) in [7, 11) is 0. The number of aryl methyl sites for hydroxylation is 2. The molecule has 17 heavy (non-hydrogen) atoms. The fraction of sp³-hybridized carbons (Fsp3) is 0.647. The average Bonchev–Trinajstić information content (AvgIpc) is 2.38. The van der Waals surface area contributed by atoms with E-state index in [9.17, 15) is 0 Å². The van der Waals surface area contributed by atoms with Crippen molar-refractivity contribution in [2.45, 2.75) is 70.6 Å². The zero-order valence-electron chi connectivity index (χ0n) is 11.1. The van der Waals surface area contributed by atoms with Gasteiger partial charge in [-0.1, -0.05) is 69.2 Å². The van der Waals surface area contributed by atoms with Gasteiger partial charge in [-0.2, -0.15) is 0 Å². The summed E-state index contributed by atoms with van der Waals surface area (Å²) in [5, 5.41) is 0. The first-order valence-electron chi connectivity index (χ1n) is 7.53. The fourth-order valence-corrected chi connectivity index (χ4v) is 2.77. The maximum absolute atomic E-state index is 2.34. The lowest BCUT2D eigenvalue weighted by Crippen LogP contribution is -1.88. The van der Waals surface area contributed by atoms with E-state index in [1.165, 1.54) is 81.8 Å². The van der Waals surface area contributed by atoms with Crippen LogP contribution in [0.1, 0.15) is 68.9 Å². The Morgan fingerprint density at radius 2 is 0.706 bits per heavy atom. The SMILES string of the molecule is c1cc2ccc1CCCCCCCCCCC2. The first kappa shape index (κ1) is 12.7. The Morgan fingerprint density at radius 1 is 0.412 bits per heavy atom. The smallest absolute Gasteiger partial charge is 0.0279 e. The molecule has 0 N–H and O–H groups in total. The summed E-state index contributed by atoms with van der Waals surface area (Å²) in [6, 6.07) is 9.37. The van der Waals surface area contributed by atoms with E-state index in [-0.39, 0.29) is 0 Å². The molecule has 94 valence electrons. The molecule has 0 amide bonds. The Hall–Kier alpha value is -0.780. The third kappa shape index (κ3) is 4.93. The molecule has 1 aromatic rings. The normalized spacial score (nSPS) is 19.5. The maximum Gasteiger partial charge on any atom is -0.0279 e. The third-order valence-corrected chi connectivity index (χ3v) is 3.95. The maximum atomic E-state index is 2.34. The molecule has 2 aliphatic carbocycles. The van der Waals surface area contributed by atoms with Gasteiger partial charge in [0.1, 0.15) is 0 Å². The Balaban J connectivity index is 1.88. The van der Waals surface area contributed by atoms with Crippen molar-refractivity contribution in [3.8, 4) is 0 Å². The van der Waals surface area contributed by atoms with Gasteiger partial charge >= 0.3 is 0 Å². The largest absolute Gasteiger partial charge is 0.0588 e. The average molecular weight is 230 g/mol. The molecule has 0 saturated carbocycles. The number of hydrogen-bond donors (Lipinski definition) is 0. The van der Waals surface area contributed by atoms with Gasteiger partial charge in [-0.15, -0.1) is 0 Å². The first-order chi connectivity index (χ1) is 8.45. The molecular formula is C17H26. The Bertz CT molecular complexity index is 265. The second-order valence-electron chi connectivity index (χ2n) is 5.50. The Labute approximate surface area is 106 Å². The zero-order chi connectivity index (χ0) is 11.8. The molecule has 0 atom stereocenters. The predicted molar refractivity (Wildman–Crippen MR) is 75.4 cm³/mol. The molecule has 0 aliphatic heterocycles. The Morgan fingerprint density at radius 3 is 1.06 bits per heavy atom. The standard InChI is InChI=1S/C17H26/c1-2-4-6-8-10-16-12-14-17(15-13-16)11-9-7-5-3-1/h12-15H,1-11H2. The van der Waals surface area contributed by atoms with Crippen LogP contribution in [0.25, 0.3) is 0 Å². The van der Waals surface area contributed by atoms with Gasteiger partial charge in [-0.25, -0.2) is 0 Å². The molecule has 3 rings (SSSR count). The summed E-state index contributed by atoms with van der Waals surface area (Å²) in [6.07, 6.45) is 15.4. The number of benzene rings is 1. The van der Waals surface area contributed by atoms with Crippen molar-refractivity contribution in [1.29, 1.82) is 0 Å². The van der Waals surface area contributed by atoms with Gasteiger partial charge in [0.2, 0.25) is 0 Å². The van der Waals surface area contributed by atoms with Crippen LogP contribution in [0, 0.1) is 0 Å². The van der Waals surface area contributed by atoms with Crippen LogP contribution < -0.4 is 0 Å². The van der Waals surface area contributed by atoms with Crippen LogP contribution in [0.15, 0.2) is 24.3 Å². The summed E-state index contributed by atoms with van der Waals surface area (Å²) >= 11 is 0. The molecule has 0 radical (unpaired) electrons. The zero-order valence-corrected chi connectivity index (χ0v) is 11.1. The van der Waals surface area contributed by atoms with Gasteiger partial charge in [0.15, 0.2) is 0 Å². The van der Waals surface area contributed by atoms with Crippen molar-refractivity contribution in [3.05, 3.63) is 35.4 Å². The van der Waals surface area contributed by atoms with Crippen LogP contribution in [0.4, 0.5) is 0 Å². The number of hydrogen-bond acceptors (Lipinski definition) is 0. The van der Waals surface area contributed by atoms with Crippen LogP contribution in [0.5, 0.6) is 0 Å². The molecule has 2 bridgehead atoms. The van der Waals surface area contributed by atoms with Gasteiger partial charge in [-0.05, 0) is 36.8 Å². The molecule has 1 aromatic carbocycles. The minimum absolute atomic E-state index is 1.28. The molecule has 0 heterocycles. The molecule has 0 heteroatoms. The van der Waals surface area contributed by atoms with Crippen LogP contribution in [0.2, 0.25) is 0 Å². The minimum Gasteiger partial charge on any atom is -0.0588 e. The molecule has 0 nitrogen and oxygen atoms in total. The molecule has 0 unspecified atom stereocenters. The van der Waals surface area contributed by atoms with E-state index in [0.717, 1.165) is 0 Å². The summed E-state index contributed by atoms with van der Waals surface area (Å²) in [6.45, 7) is 0. The van der Waals surface area contributed by atoms with E-state index in [1.807, 2.05) is 0 Å². The first-order valence-corrected chi connectivity index (χ1v) is 7.53. The molecule has 0 saturated heterocycles. The molecule has 2 aliphatic rings. The lowest BCUT2D eigenvalue weighted by atomic mass is 10.0. The molecule has 0 aromatic heterocycles. The number of rotatable bonds is 0. The highest BCUT2D eigenvalue weighted by atomic mass is 14.0. The predicted octanol–water partition coefficient (Wildman–Crippen LogP) is 5.30. The summed E-state index contributed by atoms with van der Waals surface area (Å²) < 4.78 is 0. The van der Waals surface area contributed by atoms with E-state index in [2.05, 4.69) is 24.3 Å². The highest BCUT2D eigenvalue weighted by molar-refractivity contribution is 5.22. The topological polar surface area (TPSA) is 0 Å². The number of fused-ring (bicyclic) bond motifs is 12. The van der Waals surface area contributed by atoms with Crippen molar-refractivity contribution in [2.24, 2.45) is 0 Å². The fourth-order valence-electron chi connectivity index (χ4n) is 2.77. The lowest BCUT2D eigenvalue weighted by Gasteiger charge is -2.04. The van der Waals surface area contributed by atoms with E-state index < -0.39 is 0 Å².